The van der Waals surface area contributed by atoms with E-state index < -0.39 is 11.2 Å². The number of H-pyrrole nitrogens is 1. The van der Waals surface area contributed by atoms with Crippen LogP contribution in [0.3, 0.4) is 0 Å². The smallest absolute Gasteiger partial charge is 0.329 e. The van der Waals surface area contributed by atoms with Gasteiger partial charge in [-0.3, -0.25) is 14.3 Å². The molecular formula is C15H17ClN2O3. The third-order valence-corrected chi connectivity index (χ3v) is 3.63. The second-order valence-electron chi connectivity index (χ2n) is 4.91. The number of halogens is 1. The summed E-state index contributed by atoms with van der Waals surface area (Å²) in [5, 5.41) is 0.0557. The minimum atomic E-state index is -0.535. The van der Waals surface area contributed by atoms with Gasteiger partial charge in [-0.25, -0.2) is 4.79 Å². The van der Waals surface area contributed by atoms with E-state index >= 15 is 0 Å². The lowest BCUT2D eigenvalue weighted by Gasteiger charge is -2.15. The summed E-state index contributed by atoms with van der Waals surface area (Å²) in [7, 11) is 1.52. The topological polar surface area (TPSA) is 64.1 Å². The van der Waals surface area contributed by atoms with Gasteiger partial charge < -0.3 is 4.74 Å². The van der Waals surface area contributed by atoms with Crippen LogP contribution in [-0.4, -0.2) is 23.3 Å². The van der Waals surface area contributed by atoms with Gasteiger partial charge in [-0.2, -0.15) is 0 Å². The Bertz CT molecular complexity index is 764. The molecule has 0 aliphatic heterocycles. The molecule has 112 valence electrons. The molecule has 1 N–H and O–H groups in total. The first-order valence-corrected chi connectivity index (χ1v) is 6.94. The molecule has 0 bridgehead atoms. The summed E-state index contributed by atoms with van der Waals surface area (Å²) >= 11 is 6.09. The average Bonchev–Trinajstić information content (AvgIpc) is 2.40. The van der Waals surface area contributed by atoms with Crippen molar-refractivity contribution < 1.29 is 4.74 Å². The van der Waals surface area contributed by atoms with Gasteiger partial charge in [-0.1, -0.05) is 35.9 Å². The van der Waals surface area contributed by atoms with Crippen molar-refractivity contribution in [3.05, 3.63) is 55.8 Å². The van der Waals surface area contributed by atoms with Crippen molar-refractivity contribution >= 4 is 11.6 Å². The molecule has 0 amide bonds. The van der Waals surface area contributed by atoms with Gasteiger partial charge in [0.1, 0.15) is 5.15 Å². The molecule has 0 aliphatic carbocycles. The molecule has 1 unspecified atom stereocenters. The summed E-state index contributed by atoms with van der Waals surface area (Å²) in [6.07, 6.45) is 0. The molecule has 1 aromatic carbocycles. The number of benzene rings is 1. The maximum absolute atomic E-state index is 12.7. The number of ether oxygens (including phenoxy) is 1. The van der Waals surface area contributed by atoms with Crippen molar-refractivity contribution in [1.29, 1.82) is 0 Å². The van der Waals surface area contributed by atoms with E-state index in [4.69, 9.17) is 16.3 Å². The number of nitrogens with one attached hydrogen (secondary N) is 1. The van der Waals surface area contributed by atoms with Gasteiger partial charge in [0, 0.05) is 7.11 Å². The molecule has 2 rings (SSSR count). The lowest BCUT2D eigenvalue weighted by Crippen LogP contribution is -2.39. The molecule has 1 heterocycles. The number of aromatic amines is 1. The third-order valence-electron chi connectivity index (χ3n) is 3.35. The van der Waals surface area contributed by atoms with Gasteiger partial charge in [-0.05, 0) is 25.0 Å². The molecule has 1 atom stereocenters. The second kappa shape index (κ2) is 6.28. The number of aromatic nitrogens is 2. The molecule has 0 saturated heterocycles. The molecule has 0 spiro atoms. The number of methoxy groups -OCH3 is 1. The van der Waals surface area contributed by atoms with Crippen LogP contribution in [-0.2, 0) is 4.74 Å². The first-order valence-electron chi connectivity index (χ1n) is 6.56. The van der Waals surface area contributed by atoms with Crippen molar-refractivity contribution in [2.24, 2.45) is 0 Å². The van der Waals surface area contributed by atoms with Crippen molar-refractivity contribution in [3.63, 3.8) is 0 Å². The minimum absolute atomic E-state index is 0.0557. The summed E-state index contributed by atoms with van der Waals surface area (Å²) in [6, 6.07) is 7.02. The van der Waals surface area contributed by atoms with Crippen molar-refractivity contribution in [1.82, 2.24) is 9.55 Å². The normalized spacial score (nSPS) is 12.4. The number of rotatable bonds is 4. The molecule has 0 aliphatic rings. The van der Waals surface area contributed by atoms with E-state index in [-0.39, 0.29) is 17.8 Å². The highest BCUT2D eigenvalue weighted by atomic mass is 35.5. The van der Waals surface area contributed by atoms with E-state index in [1.54, 1.807) is 6.92 Å². The van der Waals surface area contributed by atoms with E-state index in [0.717, 1.165) is 10.1 Å². The Balaban J connectivity index is 2.74. The van der Waals surface area contributed by atoms with Crippen LogP contribution < -0.4 is 11.2 Å². The Kier molecular flexibility index (Phi) is 4.65. The fourth-order valence-corrected chi connectivity index (χ4v) is 2.59. The maximum atomic E-state index is 12.7. The summed E-state index contributed by atoms with van der Waals surface area (Å²) in [5.74, 6) is 0. The highest BCUT2D eigenvalue weighted by molar-refractivity contribution is 6.32. The van der Waals surface area contributed by atoms with Crippen LogP contribution in [0, 0.1) is 6.92 Å². The molecule has 0 saturated carbocycles. The van der Waals surface area contributed by atoms with Gasteiger partial charge in [0.25, 0.3) is 5.56 Å². The predicted octanol–water partition coefficient (Wildman–Crippen LogP) is 2.37. The van der Waals surface area contributed by atoms with Gasteiger partial charge in [0.15, 0.2) is 0 Å². The quantitative estimate of drug-likeness (QED) is 0.882. The van der Waals surface area contributed by atoms with Crippen LogP contribution in [0.5, 0.6) is 0 Å². The van der Waals surface area contributed by atoms with Crippen molar-refractivity contribution in [3.8, 4) is 11.1 Å². The highest BCUT2D eigenvalue weighted by Crippen LogP contribution is 2.25. The zero-order valence-electron chi connectivity index (χ0n) is 12.1. The Labute approximate surface area is 127 Å². The first-order chi connectivity index (χ1) is 9.97. The van der Waals surface area contributed by atoms with Crippen LogP contribution in [0.2, 0.25) is 5.15 Å². The standard InChI is InChI=1S/C15H17ClN2O3/c1-9-6-4-5-7-11(9)12-13(16)17-15(20)18(14(12)19)10(2)8-21-3/h4-7,10H,8H2,1-3H3,(H,17,20). The maximum Gasteiger partial charge on any atom is 0.329 e. The van der Waals surface area contributed by atoms with Gasteiger partial charge in [0.05, 0.1) is 18.2 Å². The summed E-state index contributed by atoms with van der Waals surface area (Å²) in [5.41, 5.74) is 0.975. The zero-order chi connectivity index (χ0) is 15.6. The van der Waals surface area contributed by atoms with Gasteiger partial charge in [0.2, 0.25) is 0 Å². The zero-order valence-corrected chi connectivity index (χ0v) is 12.9. The Morgan fingerprint density at radius 2 is 2.00 bits per heavy atom. The predicted molar refractivity (Wildman–Crippen MR) is 83.1 cm³/mol. The Morgan fingerprint density at radius 1 is 1.33 bits per heavy atom. The van der Waals surface area contributed by atoms with E-state index in [1.165, 1.54) is 7.11 Å². The average molecular weight is 309 g/mol. The Hall–Kier alpha value is -1.85. The molecule has 5 nitrogen and oxygen atoms in total. The van der Waals surface area contributed by atoms with Crippen LogP contribution in [0.15, 0.2) is 33.9 Å². The van der Waals surface area contributed by atoms with Gasteiger partial charge >= 0.3 is 5.69 Å². The van der Waals surface area contributed by atoms with Crippen LogP contribution >= 0.6 is 11.6 Å². The monoisotopic (exact) mass is 308 g/mol. The molecule has 0 radical (unpaired) electrons. The van der Waals surface area contributed by atoms with E-state index in [0.29, 0.717) is 11.1 Å². The first kappa shape index (κ1) is 15.5. The van der Waals surface area contributed by atoms with Crippen LogP contribution in [0.1, 0.15) is 18.5 Å². The summed E-state index contributed by atoms with van der Waals surface area (Å²) in [6.45, 7) is 3.90. The number of hydrogen-bond acceptors (Lipinski definition) is 3. The largest absolute Gasteiger partial charge is 0.383 e. The molecule has 0 fully saturated rings. The lowest BCUT2D eigenvalue weighted by atomic mass is 10.0. The molecule has 1 aromatic heterocycles. The second-order valence-corrected chi connectivity index (χ2v) is 5.29. The van der Waals surface area contributed by atoms with E-state index in [9.17, 15) is 9.59 Å². The molecule has 2 aromatic rings. The Morgan fingerprint density at radius 3 is 2.62 bits per heavy atom. The fraction of sp³-hybridized carbons (Fsp3) is 0.333. The molecule has 6 heteroatoms. The van der Waals surface area contributed by atoms with Crippen LogP contribution in [0.25, 0.3) is 11.1 Å². The summed E-state index contributed by atoms with van der Waals surface area (Å²) < 4.78 is 6.16. The number of aryl methyl sites for hydroxylation is 1. The van der Waals surface area contributed by atoms with Crippen molar-refractivity contribution in [2.75, 3.05) is 13.7 Å². The van der Waals surface area contributed by atoms with Crippen molar-refractivity contribution in [2.45, 2.75) is 19.9 Å². The number of nitrogens with zero attached hydrogens (tertiary/aromatic N) is 1. The molecular weight excluding hydrogens is 292 g/mol. The molecule has 21 heavy (non-hydrogen) atoms. The fourth-order valence-electron chi connectivity index (χ4n) is 2.33. The van der Waals surface area contributed by atoms with Crippen LogP contribution in [0.4, 0.5) is 0 Å². The van der Waals surface area contributed by atoms with Gasteiger partial charge in [-0.15, -0.1) is 0 Å². The lowest BCUT2D eigenvalue weighted by molar-refractivity contribution is 0.159. The third kappa shape index (κ3) is 2.94. The SMILES string of the molecule is COCC(C)n1c(=O)[nH]c(Cl)c(-c2ccccc2C)c1=O. The summed E-state index contributed by atoms with van der Waals surface area (Å²) in [4.78, 5) is 27.2. The van der Waals surface area contributed by atoms with E-state index in [2.05, 4.69) is 4.98 Å². The minimum Gasteiger partial charge on any atom is -0.383 e. The highest BCUT2D eigenvalue weighted by Gasteiger charge is 2.19. The number of hydrogen-bond donors (Lipinski definition) is 1. The van der Waals surface area contributed by atoms with E-state index in [1.807, 2.05) is 31.2 Å².